The van der Waals surface area contributed by atoms with E-state index in [2.05, 4.69) is 0 Å². The molecule has 0 unspecified atom stereocenters. The Labute approximate surface area is 115 Å². The molecule has 0 spiro atoms. The van der Waals surface area contributed by atoms with E-state index in [1.807, 2.05) is 30.3 Å². The molecule has 2 aromatic rings. The maximum atomic E-state index is 11.2. The number of hydrogen-bond acceptors (Lipinski definition) is 2. The molecule has 0 saturated heterocycles. The standard InChI is InChI=1S/C16H12O4/c17-15(18)13-7-4-8-14(16(19)20)12(13)10-9-11-5-2-1-3-6-11/h1-10H,(H,17,18)(H,19,20)/b10-9-. The summed E-state index contributed by atoms with van der Waals surface area (Å²) in [5, 5.41) is 18.3. The summed E-state index contributed by atoms with van der Waals surface area (Å²) >= 11 is 0. The van der Waals surface area contributed by atoms with Gasteiger partial charge in [-0.15, -0.1) is 0 Å². The number of carboxylic acid groups (broad SMARTS) is 2. The van der Waals surface area contributed by atoms with Gasteiger partial charge in [-0.3, -0.25) is 0 Å². The second-order valence-corrected chi connectivity index (χ2v) is 4.12. The molecular formula is C16H12O4. The zero-order valence-electron chi connectivity index (χ0n) is 10.5. The average molecular weight is 268 g/mol. The van der Waals surface area contributed by atoms with Crippen LogP contribution in [-0.2, 0) is 0 Å². The van der Waals surface area contributed by atoms with Gasteiger partial charge in [-0.2, -0.15) is 0 Å². The minimum Gasteiger partial charge on any atom is -0.478 e. The van der Waals surface area contributed by atoms with Gasteiger partial charge < -0.3 is 10.2 Å². The van der Waals surface area contributed by atoms with Crippen LogP contribution in [0.2, 0.25) is 0 Å². The fraction of sp³-hybridized carbons (Fsp3) is 0. The molecule has 0 aromatic heterocycles. The summed E-state index contributed by atoms with van der Waals surface area (Å²) in [6, 6.07) is 13.5. The van der Waals surface area contributed by atoms with Crippen LogP contribution in [0.15, 0.2) is 48.5 Å². The Kier molecular flexibility index (Phi) is 3.96. The van der Waals surface area contributed by atoms with Gasteiger partial charge in [-0.05, 0) is 17.7 Å². The lowest BCUT2D eigenvalue weighted by atomic mass is 9.99. The molecule has 100 valence electrons. The van der Waals surface area contributed by atoms with Gasteiger partial charge in [0.1, 0.15) is 0 Å². The van der Waals surface area contributed by atoms with Crippen molar-refractivity contribution in [2.75, 3.05) is 0 Å². The summed E-state index contributed by atoms with van der Waals surface area (Å²) < 4.78 is 0. The van der Waals surface area contributed by atoms with E-state index < -0.39 is 11.9 Å². The molecule has 0 aliphatic heterocycles. The number of carboxylic acids is 2. The van der Waals surface area contributed by atoms with Gasteiger partial charge in [0.05, 0.1) is 11.1 Å². The van der Waals surface area contributed by atoms with Crippen molar-refractivity contribution in [2.45, 2.75) is 0 Å². The van der Waals surface area contributed by atoms with Gasteiger partial charge >= 0.3 is 11.9 Å². The van der Waals surface area contributed by atoms with Gasteiger partial charge in [0, 0.05) is 5.56 Å². The minimum atomic E-state index is -1.15. The highest BCUT2D eigenvalue weighted by Gasteiger charge is 2.15. The van der Waals surface area contributed by atoms with Crippen molar-refractivity contribution in [3.8, 4) is 0 Å². The summed E-state index contributed by atoms with van der Waals surface area (Å²) in [4.78, 5) is 22.4. The summed E-state index contributed by atoms with van der Waals surface area (Å²) in [6.07, 6.45) is 3.20. The summed E-state index contributed by atoms with van der Waals surface area (Å²) in [6.45, 7) is 0. The molecule has 4 nitrogen and oxygen atoms in total. The number of aromatic carboxylic acids is 2. The third kappa shape index (κ3) is 2.92. The number of hydrogen-bond donors (Lipinski definition) is 2. The number of rotatable bonds is 4. The Hall–Kier alpha value is -2.88. The first-order chi connectivity index (χ1) is 9.59. The number of carbonyl (C=O) groups is 2. The second kappa shape index (κ2) is 5.84. The fourth-order valence-electron chi connectivity index (χ4n) is 1.86. The van der Waals surface area contributed by atoms with Gasteiger partial charge in [-0.25, -0.2) is 9.59 Å². The maximum absolute atomic E-state index is 11.2. The third-order valence-corrected chi connectivity index (χ3v) is 2.81. The van der Waals surface area contributed by atoms with Crippen molar-refractivity contribution in [3.05, 3.63) is 70.8 Å². The molecule has 0 amide bonds. The van der Waals surface area contributed by atoms with E-state index in [0.29, 0.717) is 0 Å². The molecule has 4 heteroatoms. The normalized spacial score (nSPS) is 10.6. The van der Waals surface area contributed by atoms with Gasteiger partial charge in [0.25, 0.3) is 0 Å². The lowest BCUT2D eigenvalue weighted by Crippen LogP contribution is -2.06. The van der Waals surface area contributed by atoms with Crippen LogP contribution in [0.3, 0.4) is 0 Å². The Morgan fingerprint density at radius 3 is 1.80 bits per heavy atom. The Bertz CT molecular complexity index is 640. The molecule has 2 rings (SSSR count). The zero-order chi connectivity index (χ0) is 14.5. The van der Waals surface area contributed by atoms with Gasteiger partial charge in [-0.1, -0.05) is 48.6 Å². The summed E-state index contributed by atoms with van der Waals surface area (Å²) in [5.41, 5.74) is 0.995. The first-order valence-electron chi connectivity index (χ1n) is 5.92. The van der Waals surface area contributed by atoms with E-state index in [1.54, 1.807) is 6.08 Å². The van der Waals surface area contributed by atoms with Crippen molar-refractivity contribution in [1.82, 2.24) is 0 Å². The van der Waals surface area contributed by atoms with Crippen molar-refractivity contribution >= 4 is 24.1 Å². The van der Waals surface area contributed by atoms with Gasteiger partial charge in [0.15, 0.2) is 0 Å². The molecule has 0 bridgehead atoms. The molecule has 2 aromatic carbocycles. The second-order valence-electron chi connectivity index (χ2n) is 4.12. The van der Waals surface area contributed by atoms with Crippen LogP contribution < -0.4 is 0 Å². The van der Waals surface area contributed by atoms with Crippen molar-refractivity contribution < 1.29 is 19.8 Å². The predicted octanol–water partition coefficient (Wildman–Crippen LogP) is 3.25. The quantitative estimate of drug-likeness (QED) is 0.835. The van der Waals surface area contributed by atoms with Crippen molar-refractivity contribution in [1.29, 1.82) is 0 Å². The number of benzene rings is 2. The topological polar surface area (TPSA) is 74.6 Å². The SMILES string of the molecule is O=C(O)c1cccc(C(=O)O)c1/C=C\c1ccccc1. The van der Waals surface area contributed by atoms with E-state index in [0.717, 1.165) is 5.56 Å². The van der Waals surface area contributed by atoms with E-state index >= 15 is 0 Å². The fourth-order valence-corrected chi connectivity index (χ4v) is 1.86. The smallest absolute Gasteiger partial charge is 0.336 e. The highest BCUT2D eigenvalue weighted by Crippen LogP contribution is 2.19. The van der Waals surface area contributed by atoms with E-state index in [9.17, 15) is 9.59 Å². The molecule has 0 fully saturated rings. The van der Waals surface area contributed by atoms with Crippen LogP contribution in [0.5, 0.6) is 0 Å². The molecule has 0 atom stereocenters. The summed E-state index contributed by atoms with van der Waals surface area (Å²) in [7, 11) is 0. The largest absolute Gasteiger partial charge is 0.478 e. The zero-order valence-corrected chi connectivity index (χ0v) is 10.5. The van der Waals surface area contributed by atoms with Crippen LogP contribution >= 0.6 is 0 Å². The van der Waals surface area contributed by atoms with E-state index in [4.69, 9.17) is 10.2 Å². The lowest BCUT2D eigenvalue weighted by molar-refractivity contribution is 0.0696. The minimum absolute atomic E-state index is 0.0305. The molecule has 0 aliphatic rings. The first kappa shape index (κ1) is 13.5. The lowest BCUT2D eigenvalue weighted by Gasteiger charge is -2.05. The van der Waals surface area contributed by atoms with Crippen molar-refractivity contribution in [2.24, 2.45) is 0 Å². The maximum Gasteiger partial charge on any atom is 0.336 e. The van der Waals surface area contributed by atoms with Crippen LogP contribution in [0.4, 0.5) is 0 Å². The van der Waals surface area contributed by atoms with E-state index in [-0.39, 0.29) is 16.7 Å². The summed E-state index contributed by atoms with van der Waals surface area (Å²) in [5.74, 6) is -2.30. The molecule has 0 heterocycles. The van der Waals surface area contributed by atoms with Crippen LogP contribution in [0.25, 0.3) is 12.2 Å². The third-order valence-electron chi connectivity index (χ3n) is 2.81. The Morgan fingerprint density at radius 2 is 1.30 bits per heavy atom. The van der Waals surface area contributed by atoms with E-state index in [1.165, 1.54) is 24.3 Å². The molecule has 0 radical (unpaired) electrons. The molecular weight excluding hydrogens is 256 g/mol. The first-order valence-corrected chi connectivity index (χ1v) is 5.92. The Balaban J connectivity index is 2.51. The van der Waals surface area contributed by atoms with Crippen LogP contribution in [0.1, 0.15) is 31.8 Å². The predicted molar refractivity (Wildman–Crippen MR) is 75.7 cm³/mol. The molecule has 0 aliphatic carbocycles. The molecule has 2 N–H and O–H groups in total. The molecule has 0 saturated carbocycles. The molecule has 20 heavy (non-hydrogen) atoms. The average Bonchev–Trinajstić information content (AvgIpc) is 2.45. The monoisotopic (exact) mass is 268 g/mol. The van der Waals surface area contributed by atoms with Crippen LogP contribution in [-0.4, -0.2) is 22.2 Å². The van der Waals surface area contributed by atoms with Crippen LogP contribution in [0, 0.1) is 0 Å². The highest BCUT2D eigenvalue weighted by atomic mass is 16.4. The highest BCUT2D eigenvalue weighted by molar-refractivity contribution is 6.01. The Morgan fingerprint density at radius 1 is 0.750 bits per heavy atom. The van der Waals surface area contributed by atoms with Gasteiger partial charge in [0.2, 0.25) is 0 Å². The van der Waals surface area contributed by atoms with Crippen molar-refractivity contribution in [3.63, 3.8) is 0 Å².